The number of benzene rings is 3. The third-order valence-electron chi connectivity index (χ3n) is 4.93. The van der Waals surface area contributed by atoms with Gasteiger partial charge in [-0.25, -0.2) is 0 Å². The van der Waals surface area contributed by atoms with Crippen molar-refractivity contribution in [1.29, 1.82) is 0 Å². The lowest BCUT2D eigenvalue weighted by molar-refractivity contribution is 0.284. The topological polar surface area (TPSA) is 30.5 Å². The first-order valence-corrected chi connectivity index (χ1v) is 10.3. The van der Waals surface area contributed by atoms with Gasteiger partial charge in [0.2, 0.25) is 0 Å². The number of nitrogens with one attached hydrogen (secondary N) is 1. The van der Waals surface area contributed by atoms with Gasteiger partial charge < -0.3 is 14.8 Å². The van der Waals surface area contributed by atoms with Gasteiger partial charge in [0.15, 0.2) is 11.5 Å². The Kier molecular flexibility index (Phi) is 7.97. The summed E-state index contributed by atoms with van der Waals surface area (Å²) in [5, 5.41) is 4.30. The van der Waals surface area contributed by atoms with Crippen LogP contribution in [0.3, 0.4) is 0 Å². The smallest absolute Gasteiger partial charge is 0.161 e. The Hall–Kier alpha value is -2.49. The van der Waals surface area contributed by atoms with E-state index < -0.39 is 0 Å². The Balaban J connectivity index is 1.52. The van der Waals surface area contributed by atoms with Crippen LogP contribution in [0.15, 0.2) is 72.8 Å². The number of ether oxygens (including phenoxy) is 2. The van der Waals surface area contributed by atoms with E-state index in [4.69, 9.17) is 21.1 Å². The highest BCUT2D eigenvalue weighted by Gasteiger charge is 2.09. The SMILES string of the molecule is COc1cc(CN[C@@H](C)CCc2ccccc2)ccc1OCc1ccccc1Cl. The third kappa shape index (κ3) is 6.52. The fourth-order valence-electron chi connectivity index (χ4n) is 3.13. The van der Waals surface area contributed by atoms with Crippen molar-refractivity contribution in [3.8, 4) is 11.5 Å². The van der Waals surface area contributed by atoms with Crippen LogP contribution in [-0.4, -0.2) is 13.2 Å². The molecule has 0 aliphatic carbocycles. The van der Waals surface area contributed by atoms with Crippen LogP contribution in [0.4, 0.5) is 0 Å². The van der Waals surface area contributed by atoms with Crippen molar-refractivity contribution in [3.63, 3.8) is 0 Å². The summed E-state index contributed by atoms with van der Waals surface area (Å²) in [6, 6.07) is 24.8. The number of halogens is 1. The molecule has 0 radical (unpaired) electrons. The maximum absolute atomic E-state index is 6.21. The van der Waals surface area contributed by atoms with Crippen LogP contribution in [0.1, 0.15) is 30.0 Å². The number of aryl methyl sites for hydroxylation is 1. The molecule has 1 atom stereocenters. The van der Waals surface area contributed by atoms with E-state index in [-0.39, 0.29) is 0 Å². The Labute approximate surface area is 178 Å². The predicted octanol–water partition coefficient (Wildman–Crippen LogP) is 6.04. The standard InChI is InChI=1S/C25H28ClNO2/c1-19(12-13-20-8-4-3-5-9-20)27-17-21-14-15-24(25(16-21)28-2)29-18-22-10-6-7-11-23(22)26/h3-11,14-16,19,27H,12-13,17-18H2,1-2H3/t19-/m0/s1. The zero-order chi connectivity index (χ0) is 20.5. The predicted molar refractivity (Wildman–Crippen MR) is 120 cm³/mol. The first-order valence-electron chi connectivity index (χ1n) is 9.96. The van der Waals surface area contributed by atoms with Crippen LogP contribution in [0.2, 0.25) is 5.02 Å². The molecule has 4 heteroatoms. The number of rotatable bonds is 10. The van der Waals surface area contributed by atoms with Gasteiger partial charge in [-0.15, -0.1) is 0 Å². The van der Waals surface area contributed by atoms with Crippen molar-refractivity contribution < 1.29 is 9.47 Å². The monoisotopic (exact) mass is 409 g/mol. The summed E-state index contributed by atoms with van der Waals surface area (Å²) < 4.78 is 11.5. The molecule has 29 heavy (non-hydrogen) atoms. The number of hydrogen-bond donors (Lipinski definition) is 1. The van der Waals surface area contributed by atoms with Crippen LogP contribution in [0.25, 0.3) is 0 Å². The Morgan fingerprint density at radius 3 is 2.41 bits per heavy atom. The van der Waals surface area contributed by atoms with Crippen molar-refractivity contribution in [2.45, 2.75) is 39.0 Å². The molecular weight excluding hydrogens is 382 g/mol. The summed E-state index contributed by atoms with van der Waals surface area (Å²) in [5.74, 6) is 1.45. The zero-order valence-corrected chi connectivity index (χ0v) is 17.8. The van der Waals surface area contributed by atoms with Gasteiger partial charge in [-0.3, -0.25) is 0 Å². The molecule has 0 bridgehead atoms. The molecular formula is C25H28ClNO2. The average Bonchev–Trinajstić information content (AvgIpc) is 2.76. The molecule has 3 nitrogen and oxygen atoms in total. The molecule has 0 amide bonds. The molecule has 0 saturated heterocycles. The largest absolute Gasteiger partial charge is 0.493 e. The van der Waals surface area contributed by atoms with Gasteiger partial charge in [0.25, 0.3) is 0 Å². The van der Waals surface area contributed by atoms with Crippen LogP contribution < -0.4 is 14.8 Å². The van der Waals surface area contributed by atoms with Crippen molar-refractivity contribution in [2.24, 2.45) is 0 Å². The zero-order valence-electron chi connectivity index (χ0n) is 17.0. The number of hydrogen-bond acceptors (Lipinski definition) is 3. The van der Waals surface area contributed by atoms with E-state index >= 15 is 0 Å². The maximum atomic E-state index is 6.21. The molecule has 0 spiro atoms. The van der Waals surface area contributed by atoms with Gasteiger partial charge >= 0.3 is 0 Å². The summed E-state index contributed by atoms with van der Waals surface area (Å²) in [4.78, 5) is 0. The summed E-state index contributed by atoms with van der Waals surface area (Å²) in [6.45, 7) is 3.42. The highest BCUT2D eigenvalue weighted by atomic mass is 35.5. The first kappa shape index (κ1) is 21.2. The van der Waals surface area contributed by atoms with Gasteiger partial charge in [-0.1, -0.05) is 66.2 Å². The van der Waals surface area contributed by atoms with Crippen LogP contribution >= 0.6 is 11.6 Å². The van der Waals surface area contributed by atoms with E-state index in [1.165, 1.54) is 11.1 Å². The quantitative estimate of drug-likeness (QED) is 0.443. The molecule has 0 aliphatic rings. The minimum atomic E-state index is 0.407. The lowest BCUT2D eigenvalue weighted by Gasteiger charge is -2.16. The van der Waals surface area contributed by atoms with Crippen molar-refractivity contribution in [2.75, 3.05) is 7.11 Å². The second-order valence-electron chi connectivity index (χ2n) is 7.17. The van der Waals surface area contributed by atoms with Crippen molar-refractivity contribution in [1.82, 2.24) is 5.32 Å². The van der Waals surface area contributed by atoms with Crippen molar-refractivity contribution in [3.05, 3.63) is 94.5 Å². The molecule has 0 saturated carbocycles. The summed E-state index contributed by atoms with van der Waals surface area (Å²) >= 11 is 6.21. The summed E-state index contributed by atoms with van der Waals surface area (Å²) in [7, 11) is 1.66. The summed E-state index contributed by atoms with van der Waals surface area (Å²) in [5.41, 5.74) is 3.50. The molecule has 3 aromatic carbocycles. The van der Waals surface area contributed by atoms with Crippen LogP contribution in [-0.2, 0) is 19.6 Å². The van der Waals surface area contributed by atoms with E-state index in [0.717, 1.165) is 30.7 Å². The van der Waals surface area contributed by atoms with Gasteiger partial charge in [0, 0.05) is 23.2 Å². The first-order chi connectivity index (χ1) is 14.2. The van der Waals surface area contributed by atoms with Gasteiger partial charge in [0.05, 0.1) is 7.11 Å². The normalized spacial score (nSPS) is 11.8. The molecule has 1 N–H and O–H groups in total. The van der Waals surface area contributed by atoms with Gasteiger partial charge in [-0.2, -0.15) is 0 Å². The van der Waals surface area contributed by atoms with Gasteiger partial charge in [0.1, 0.15) is 6.61 Å². The maximum Gasteiger partial charge on any atom is 0.161 e. The lowest BCUT2D eigenvalue weighted by Crippen LogP contribution is -2.26. The molecule has 3 rings (SSSR count). The second kappa shape index (κ2) is 10.9. The fraction of sp³-hybridized carbons (Fsp3) is 0.280. The Morgan fingerprint density at radius 2 is 1.66 bits per heavy atom. The highest BCUT2D eigenvalue weighted by molar-refractivity contribution is 6.31. The minimum Gasteiger partial charge on any atom is -0.493 e. The molecule has 3 aromatic rings. The van der Waals surface area contributed by atoms with Crippen LogP contribution in [0, 0.1) is 0 Å². The summed E-state index contributed by atoms with van der Waals surface area (Å²) in [6.07, 6.45) is 2.17. The Morgan fingerprint density at radius 1 is 0.897 bits per heavy atom. The van der Waals surface area contributed by atoms with Crippen molar-refractivity contribution >= 4 is 11.6 Å². The molecule has 0 fully saturated rings. The fourth-order valence-corrected chi connectivity index (χ4v) is 3.32. The highest BCUT2D eigenvalue weighted by Crippen LogP contribution is 2.29. The second-order valence-corrected chi connectivity index (χ2v) is 7.58. The van der Waals surface area contributed by atoms with E-state index in [9.17, 15) is 0 Å². The molecule has 0 unspecified atom stereocenters. The third-order valence-corrected chi connectivity index (χ3v) is 5.30. The average molecular weight is 410 g/mol. The van der Waals surface area contributed by atoms with Gasteiger partial charge in [-0.05, 0) is 49.1 Å². The lowest BCUT2D eigenvalue weighted by atomic mass is 10.1. The van der Waals surface area contributed by atoms with Crippen LogP contribution in [0.5, 0.6) is 11.5 Å². The van der Waals surface area contributed by atoms with E-state index in [0.29, 0.717) is 23.4 Å². The minimum absolute atomic E-state index is 0.407. The molecule has 152 valence electrons. The Bertz CT molecular complexity index is 898. The molecule has 0 aliphatic heterocycles. The number of methoxy groups -OCH3 is 1. The molecule has 0 aromatic heterocycles. The van der Waals surface area contributed by atoms with E-state index in [1.54, 1.807) is 7.11 Å². The van der Waals surface area contributed by atoms with E-state index in [2.05, 4.69) is 48.6 Å². The van der Waals surface area contributed by atoms with E-state index in [1.807, 2.05) is 36.4 Å². The molecule has 0 heterocycles.